The van der Waals surface area contributed by atoms with E-state index in [2.05, 4.69) is 29.7 Å². The lowest BCUT2D eigenvalue weighted by molar-refractivity contribution is 0.00443. The van der Waals surface area contributed by atoms with E-state index in [-0.39, 0.29) is 18.2 Å². The molecule has 2 aromatic heterocycles. The van der Waals surface area contributed by atoms with Gasteiger partial charge in [-0.3, -0.25) is 4.90 Å². The number of methoxy groups -OCH3 is 2. The molecule has 0 atom stereocenters. The molecular formula is C22H36N8O6S. The molecular weight excluding hydrogens is 504 g/mol. The molecule has 1 aliphatic heterocycles. The van der Waals surface area contributed by atoms with Gasteiger partial charge in [-0.2, -0.15) is 9.97 Å². The zero-order chi connectivity index (χ0) is 26.5. The summed E-state index contributed by atoms with van der Waals surface area (Å²) in [4.78, 5) is 22.6. The summed E-state index contributed by atoms with van der Waals surface area (Å²) in [5, 5.41) is 8.99. The van der Waals surface area contributed by atoms with Gasteiger partial charge in [0.25, 0.3) is 0 Å². The first-order valence-corrected chi connectivity index (χ1v) is 12.7. The van der Waals surface area contributed by atoms with Crippen LogP contribution in [0.15, 0.2) is 16.1 Å². The highest BCUT2D eigenvalue weighted by molar-refractivity contribution is 7.99. The predicted octanol–water partition coefficient (Wildman–Crippen LogP) is -0.236. The van der Waals surface area contributed by atoms with E-state index in [4.69, 9.17) is 40.3 Å². The third-order valence-electron chi connectivity index (χ3n) is 5.30. The lowest BCUT2D eigenvalue weighted by Gasteiger charge is -2.34. The fraction of sp³-hybridized carbons (Fsp3) is 0.636. The predicted molar refractivity (Wildman–Crippen MR) is 138 cm³/mol. The van der Waals surface area contributed by atoms with E-state index in [9.17, 15) is 0 Å². The van der Waals surface area contributed by atoms with E-state index >= 15 is 0 Å². The molecule has 0 amide bonds. The van der Waals surface area contributed by atoms with Crippen molar-refractivity contribution in [1.82, 2.24) is 24.8 Å². The number of anilines is 3. The molecule has 0 bridgehead atoms. The standard InChI is InChI=1S/C22H36N8O6S/c1-32-19-18(37-22-25-16(23)15-17(24)26-22)20(33-2)28-21(27-19)30-5-3-29(4-6-30)7-9-34-11-13-36-14-12-35-10-8-31/h15,31H,3-14H2,1-2H3,(H4,23,24,25,26). The summed E-state index contributed by atoms with van der Waals surface area (Å²) in [7, 11) is 3.08. The third-order valence-corrected chi connectivity index (χ3v) is 6.22. The molecule has 1 saturated heterocycles. The molecule has 1 aliphatic rings. The number of nitrogens with zero attached hydrogens (tertiary/aromatic N) is 6. The average molecular weight is 541 g/mol. The molecule has 2 aromatic rings. The number of hydrogen-bond donors (Lipinski definition) is 3. The zero-order valence-electron chi connectivity index (χ0n) is 21.3. The van der Waals surface area contributed by atoms with Gasteiger partial charge in [0.15, 0.2) is 5.16 Å². The molecule has 1 fully saturated rings. The molecule has 5 N–H and O–H groups in total. The number of aromatic nitrogens is 4. The summed E-state index contributed by atoms with van der Waals surface area (Å²) < 4.78 is 27.3. The fourth-order valence-electron chi connectivity index (χ4n) is 3.48. The topological polar surface area (TPSA) is 176 Å². The van der Waals surface area contributed by atoms with Gasteiger partial charge in [0.05, 0.1) is 60.5 Å². The van der Waals surface area contributed by atoms with E-state index in [1.54, 1.807) is 0 Å². The normalized spacial score (nSPS) is 14.2. The molecule has 0 spiro atoms. The number of hydrogen-bond acceptors (Lipinski definition) is 15. The number of ether oxygens (including phenoxy) is 5. The molecule has 0 radical (unpaired) electrons. The number of aliphatic hydroxyl groups is 1. The summed E-state index contributed by atoms with van der Waals surface area (Å²) in [6.45, 7) is 7.04. The molecule has 0 aliphatic carbocycles. The van der Waals surface area contributed by atoms with Crippen molar-refractivity contribution in [2.45, 2.75) is 10.1 Å². The van der Waals surface area contributed by atoms with Crippen LogP contribution in [-0.4, -0.2) is 123 Å². The Morgan fingerprint density at radius 1 is 0.811 bits per heavy atom. The Balaban J connectivity index is 1.46. The first-order valence-electron chi connectivity index (χ1n) is 11.9. The summed E-state index contributed by atoms with van der Waals surface area (Å²) in [6, 6.07) is 1.48. The van der Waals surface area contributed by atoms with Crippen molar-refractivity contribution < 1.29 is 28.8 Å². The smallest absolute Gasteiger partial charge is 0.236 e. The van der Waals surface area contributed by atoms with Gasteiger partial charge in [-0.1, -0.05) is 0 Å². The maximum atomic E-state index is 8.64. The minimum Gasteiger partial charge on any atom is -0.480 e. The van der Waals surface area contributed by atoms with E-state index < -0.39 is 0 Å². The van der Waals surface area contributed by atoms with Crippen LogP contribution in [-0.2, 0) is 14.2 Å². The monoisotopic (exact) mass is 540 g/mol. The molecule has 3 rings (SSSR count). The lowest BCUT2D eigenvalue weighted by atomic mass is 10.3. The molecule has 15 heteroatoms. The minimum absolute atomic E-state index is 0.0231. The lowest BCUT2D eigenvalue weighted by Crippen LogP contribution is -2.48. The number of piperazine rings is 1. The third kappa shape index (κ3) is 9.28. The number of nitrogen functional groups attached to an aromatic ring is 2. The van der Waals surface area contributed by atoms with Gasteiger partial charge in [-0.15, -0.1) is 0 Å². The quantitative estimate of drug-likeness (QED) is 0.188. The minimum atomic E-state index is 0.0231. The van der Waals surface area contributed by atoms with E-state index in [0.29, 0.717) is 67.4 Å². The van der Waals surface area contributed by atoms with Gasteiger partial charge in [0.2, 0.25) is 17.7 Å². The second-order valence-corrected chi connectivity index (χ2v) is 8.84. The molecule has 0 aromatic carbocycles. The Bertz CT molecular complexity index is 922. The van der Waals surface area contributed by atoms with Crippen LogP contribution in [0.4, 0.5) is 17.6 Å². The van der Waals surface area contributed by atoms with Crippen molar-refractivity contribution in [1.29, 1.82) is 0 Å². The summed E-state index contributed by atoms with van der Waals surface area (Å²) >= 11 is 1.17. The van der Waals surface area contributed by atoms with Crippen molar-refractivity contribution in [3.05, 3.63) is 6.07 Å². The number of nitrogens with two attached hydrogens (primary N) is 2. The van der Waals surface area contributed by atoms with Crippen molar-refractivity contribution >= 4 is 29.3 Å². The van der Waals surface area contributed by atoms with E-state index in [1.807, 2.05) is 0 Å². The van der Waals surface area contributed by atoms with E-state index in [1.165, 1.54) is 32.0 Å². The second kappa shape index (κ2) is 15.5. The van der Waals surface area contributed by atoms with Crippen LogP contribution in [0.5, 0.6) is 11.8 Å². The summed E-state index contributed by atoms with van der Waals surface area (Å²) in [5.74, 6) is 1.77. The van der Waals surface area contributed by atoms with Crippen molar-refractivity contribution in [2.75, 3.05) is 110 Å². The maximum Gasteiger partial charge on any atom is 0.236 e. The van der Waals surface area contributed by atoms with Gasteiger partial charge in [0.1, 0.15) is 16.5 Å². The van der Waals surface area contributed by atoms with Gasteiger partial charge in [-0.05, 0) is 11.8 Å². The summed E-state index contributed by atoms with van der Waals surface area (Å²) in [5.41, 5.74) is 11.6. The first-order chi connectivity index (χ1) is 18.0. The highest BCUT2D eigenvalue weighted by Crippen LogP contribution is 2.40. The highest BCUT2D eigenvalue weighted by Gasteiger charge is 2.24. The van der Waals surface area contributed by atoms with Gasteiger partial charge < -0.3 is 45.2 Å². The van der Waals surface area contributed by atoms with Gasteiger partial charge in [0, 0.05) is 38.8 Å². The fourth-order valence-corrected chi connectivity index (χ4v) is 4.39. The number of aliphatic hydroxyl groups excluding tert-OH is 1. The average Bonchev–Trinajstić information content (AvgIpc) is 2.89. The van der Waals surface area contributed by atoms with Crippen molar-refractivity contribution in [3.63, 3.8) is 0 Å². The van der Waals surface area contributed by atoms with Crippen LogP contribution < -0.4 is 25.8 Å². The Hall–Kier alpha value is -2.69. The van der Waals surface area contributed by atoms with Crippen LogP contribution in [0.1, 0.15) is 0 Å². The van der Waals surface area contributed by atoms with E-state index in [0.717, 1.165) is 32.7 Å². The first kappa shape index (κ1) is 28.9. The summed E-state index contributed by atoms with van der Waals surface area (Å²) in [6.07, 6.45) is 0. The van der Waals surface area contributed by atoms with Gasteiger partial charge >= 0.3 is 0 Å². The zero-order valence-corrected chi connectivity index (χ0v) is 22.1. The molecule has 0 unspecified atom stereocenters. The molecule has 37 heavy (non-hydrogen) atoms. The van der Waals surface area contributed by atoms with Crippen LogP contribution in [0, 0.1) is 0 Å². The van der Waals surface area contributed by atoms with Crippen molar-refractivity contribution in [3.8, 4) is 11.8 Å². The van der Waals surface area contributed by atoms with Crippen LogP contribution in [0.2, 0.25) is 0 Å². The number of rotatable bonds is 16. The van der Waals surface area contributed by atoms with Crippen LogP contribution in [0.3, 0.4) is 0 Å². The largest absolute Gasteiger partial charge is 0.480 e. The SMILES string of the molecule is COc1nc(N2CCN(CCOCCOCCOCCO)CC2)nc(OC)c1Sc1nc(N)cc(N)n1. The molecule has 206 valence electrons. The Kier molecular flexibility index (Phi) is 12.1. The maximum absolute atomic E-state index is 8.64. The van der Waals surface area contributed by atoms with Crippen LogP contribution in [0.25, 0.3) is 0 Å². The molecule has 14 nitrogen and oxygen atoms in total. The Morgan fingerprint density at radius 3 is 1.89 bits per heavy atom. The Morgan fingerprint density at radius 2 is 1.35 bits per heavy atom. The van der Waals surface area contributed by atoms with Crippen molar-refractivity contribution in [2.24, 2.45) is 0 Å². The second-order valence-electron chi connectivity index (χ2n) is 7.86. The van der Waals surface area contributed by atoms with Gasteiger partial charge in [-0.25, -0.2) is 9.97 Å². The molecule has 0 saturated carbocycles. The van der Waals surface area contributed by atoms with Crippen LogP contribution >= 0.6 is 11.8 Å². The Labute approximate surface area is 220 Å². The molecule has 3 heterocycles. The highest BCUT2D eigenvalue weighted by atomic mass is 32.2.